The Kier molecular flexibility index (Phi) is 18.5. The van der Waals surface area contributed by atoms with Crippen molar-refractivity contribution in [2.45, 2.75) is 98.8 Å². The third kappa shape index (κ3) is 12.9. The van der Waals surface area contributed by atoms with Crippen LogP contribution in [0.15, 0.2) is 41.8 Å². The largest absolute Gasteiger partial charge is 0.493 e. The molecule has 0 spiro atoms. The molecular formula is C33H47F3N2O3S. The van der Waals surface area contributed by atoms with E-state index in [4.69, 9.17) is 9.47 Å². The van der Waals surface area contributed by atoms with E-state index in [2.05, 4.69) is 31.1 Å². The Hall–Kier alpha value is -2.91. The van der Waals surface area contributed by atoms with Gasteiger partial charge in [-0.1, -0.05) is 91.7 Å². The van der Waals surface area contributed by atoms with E-state index in [1.54, 1.807) is 30.7 Å². The molecule has 9 heteroatoms. The van der Waals surface area contributed by atoms with Crippen LogP contribution in [0.5, 0.6) is 5.75 Å². The zero-order chi connectivity index (χ0) is 31.4. The van der Waals surface area contributed by atoms with Gasteiger partial charge in [0, 0.05) is 29.3 Å². The van der Waals surface area contributed by atoms with Crippen LogP contribution < -0.4 is 10.1 Å². The quantitative estimate of drug-likeness (QED) is 0.137. The summed E-state index contributed by atoms with van der Waals surface area (Å²) in [7, 11) is 1.55. The lowest BCUT2D eigenvalue weighted by Gasteiger charge is -2.15. The maximum Gasteiger partial charge on any atom is 0.420 e. The van der Waals surface area contributed by atoms with Gasteiger partial charge in [-0.15, -0.1) is 11.3 Å². The molecule has 0 unspecified atom stereocenters. The number of carbonyl (C=O) groups is 1. The van der Waals surface area contributed by atoms with Crippen molar-refractivity contribution < 1.29 is 27.4 Å². The molecule has 0 amide bonds. The van der Waals surface area contributed by atoms with E-state index in [0.717, 1.165) is 55.6 Å². The molecule has 3 aromatic rings. The fraction of sp³-hybridized carbons (Fsp3) is 0.515. The van der Waals surface area contributed by atoms with Gasteiger partial charge in [0.15, 0.2) is 5.13 Å². The lowest BCUT2D eigenvalue weighted by Crippen LogP contribution is -2.10. The van der Waals surface area contributed by atoms with E-state index in [-0.39, 0.29) is 24.7 Å². The summed E-state index contributed by atoms with van der Waals surface area (Å²) in [5, 5.41) is 5.22. The summed E-state index contributed by atoms with van der Waals surface area (Å²) in [6, 6.07) is 9.26. The minimum absolute atomic E-state index is 0.164. The van der Waals surface area contributed by atoms with Crippen molar-refractivity contribution in [1.82, 2.24) is 4.98 Å². The molecule has 0 radical (unpaired) electrons. The molecule has 1 heterocycles. The number of benzene rings is 2. The Bertz CT molecular complexity index is 1160. The lowest BCUT2D eigenvalue weighted by atomic mass is 10.0. The van der Waals surface area contributed by atoms with Crippen LogP contribution in [0.25, 0.3) is 11.3 Å². The van der Waals surface area contributed by atoms with E-state index in [0.29, 0.717) is 16.4 Å². The summed E-state index contributed by atoms with van der Waals surface area (Å²) >= 11 is 1.28. The summed E-state index contributed by atoms with van der Waals surface area (Å²) in [6.07, 6.45) is 5.07. The van der Waals surface area contributed by atoms with Gasteiger partial charge in [-0.2, -0.15) is 13.2 Å². The SMILES string of the molecule is CC.CCCC.CCCCCCCCOc1ccc(Nc2nc(-c3ccc(C=O)c(COC)c3)cs2)cc1C(F)(F)F. The first-order chi connectivity index (χ1) is 20.3. The lowest BCUT2D eigenvalue weighted by molar-refractivity contribution is -0.138. The van der Waals surface area contributed by atoms with E-state index >= 15 is 0 Å². The van der Waals surface area contributed by atoms with Gasteiger partial charge in [-0.05, 0) is 36.2 Å². The highest BCUT2D eigenvalue weighted by Crippen LogP contribution is 2.39. The molecule has 3 rings (SSSR count). The predicted octanol–water partition coefficient (Wildman–Crippen LogP) is 11.1. The van der Waals surface area contributed by atoms with Crippen molar-refractivity contribution >= 4 is 28.4 Å². The number of thiazole rings is 1. The Morgan fingerprint density at radius 1 is 0.929 bits per heavy atom. The molecule has 234 valence electrons. The average molecular weight is 609 g/mol. The number of ether oxygens (including phenoxy) is 2. The fourth-order valence-corrected chi connectivity index (χ4v) is 4.51. The predicted molar refractivity (Wildman–Crippen MR) is 169 cm³/mol. The number of nitrogens with zero attached hydrogens (tertiary/aromatic N) is 1. The number of halogens is 3. The monoisotopic (exact) mass is 608 g/mol. The molecular weight excluding hydrogens is 561 g/mol. The van der Waals surface area contributed by atoms with Crippen molar-refractivity contribution in [3.05, 3.63) is 58.5 Å². The first-order valence-electron chi connectivity index (χ1n) is 14.9. The maximum absolute atomic E-state index is 13.7. The molecule has 5 nitrogen and oxygen atoms in total. The number of nitrogens with one attached hydrogen (secondary N) is 1. The van der Waals surface area contributed by atoms with Crippen molar-refractivity contribution in [1.29, 1.82) is 0 Å². The molecule has 1 N–H and O–H groups in total. The number of aromatic nitrogens is 1. The minimum Gasteiger partial charge on any atom is -0.493 e. The first kappa shape index (κ1) is 37.1. The number of anilines is 2. The molecule has 0 aliphatic carbocycles. The number of aldehydes is 1. The van der Waals surface area contributed by atoms with Gasteiger partial charge in [0.05, 0.1) is 24.5 Å². The zero-order valence-electron chi connectivity index (χ0n) is 25.9. The fourth-order valence-electron chi connectivity index (χ4n) is 3.77. The Morgan fingerprint density at radius 3 is 2.24 bits per heavy atom. The van der Waals surface area contributed by atoms with E-state index < -0.39 is 11.7 Å². The Balaban J connectivity index is 0.00000135. The Morgan fingerprint density at radius 2 is 1.62 bits per heavy atom. The van der Waals surface area contributed by atoms with Gasteiger partial charge in [-0.25, -0.2) is 4.98 Å². The highest BCUT2D eigenvalue weighted by atomic mass is 32.1. The summed E-state index contributed by atoms with van der Waals surface area (Å²) in [6.45, 7) is 11.0. The number of carbonyl (C=O) groups excluding carboxylic acids is 1. The van der Waals surface area contributed by atoms with E-state index in [1.165, 1.54) is 36.7 Å². The van der Waals surface area contributed by atoms with Crippen LogP contribution in [0.1, 0.15) is 107 Å². The maximum atomic E-state index is 13.7. The second-order valence-corrected chi connectivity index (χ2v) is 10.3. The first-order valence-corrected chi connectivity index (χ1v) is 15.8. The van der Waals surface area contributed by atoms with Crippen LogP contribution in [0.3, 0.4) is 0 Å². The van der Waals surface area contributed by atoms with Crippen LogP contribution in [0, 0.1) is 0 Å². The Labute approximate surface area is 253 Å². The van der Waals surface area contributed by atoms with Crippen LogP contribution in [0.4, 0.5) is 24.0 Å². The van der Waals surface area contributed by atoms with E-state index in [1.807, 2.05) is 19.9 Å². The van der Waals surface area contributed by atoms with Gasteiger partial charge in [0.2, 0.25) is 0 Å². The standard InChI is InChI=1S/C27H31F3N2O3S.C4H10.C2H6/c1-3-4-5-6-7-8-13-35-25-12-11-22(15-23(25)27(28,29)30)31-26-32-24(18-36-26)19-9-10-20(16-33)21(14-19)17-34-2;1-3-4-2;1-2/h9-12,14-16,18H,3-8,13,17H2,1-2H3,(H,31,32);3-4H2,1-2H3;1-2H3. The topological polar surface area (TPSA) is 60.5 Å². The summed E-state index contributed by atoms with van der Waals surface area (Å²) < 4.78 is 51.8. The molecule has 0 bridgehead atoms. The summed E-state index contributed by atoms with van der Waals surface area (Å²) in [4.78, 5) is 15.7. The normalized spacial score (nSPS) is 10.7. The number of hydrogen-bond donors (Lipinski definition) is 1. The molecule has 0 aliphatic heterocycles. The van der Waals surface area contributed by atoms with Crippen LogP contribution >= 0.6 is 11.3 Å². The highest BCUT2D eigenvalue weighted by Gasteiger charge is 2.34. The number of unbranched alkanes of at least 4 members (excludes halogenated alkanes) is 6. The van der Waals surface area contributed by atoms with Crippen molar-refractivity contribution in [3.8, 4) is 17.0 Å². The zero-order valence-corrected chi connectivity index (χ0v) is 26.7. The summed E-state index contributed by atoms with van der Waals surface area (Å²) in [5.74, 6) is -0.164. The average Bonchev–Trinajstić information content (AvgIpc) is 3.46. The van der Waals surface area contributed by atoms with Gasteiger partial charge < -0.3 is 14.8 Å². The molecule has 42 heavy (non-hydrogen) atoms. The van der Waals surface area contributed by atoms with Crippen molar-refractivity contribution in [2.24, 2.45) is 0 Å². The molecule has 0 aliphatic rings. The van der Waals surface area contributed by atoms with Crippen LogP contribution in [0.2, 0.25) is 0 Å². The molecule has 0 atom stereocenters. The third-order valence-electron chi connectivity index (χ3n) is 6.16. The number of methoxy groups -OCH3 is 1. The van der Waals surface area contributed by atoms with Gasteiger partial charge >= 0.3 is 6.18 Å². The summed E-state index contributed by atoms with van der Waals surface area (Å²) in [5.41, 5.74) is 2.15. The molecule has 0 fully saturated rings. The molecule has 2 aromatic carbocycles. The second-order valence-electron chi connectivity index (χ2n) is 9.45. The molecule has 1 aromatic heterocycles. The van der Waals surface area contributed by atoms with Gasteiger partial charge in [0.1, 0.15) is 12.0 Å². The third-order valence-corrected chi connectivity index (χ3v) is 6.92. The number of hydrogen-bond acceptors (Lipinski definition) is 6. The van der Waals surface area contributed by atoms with Gasteiger partial charge in [-0.3, -0.25) is 4.79 Å². The van der Waals surface area contributed by atoms with Crippen LogP contribution in [-0.4, -0.2) is 25.0 Å². The second kappa shape index (κ2) is 20.9. The molecule has 0 saturated heterocycles. The van der Waals surface area contributed by atoms with Crippen LogP contribution in [-0.2, 0) is 17.5 Å². The minimum atomic E-state index is -4.54. The van der Waals surface area contributed by atoms with E-state index in [9.17, 15) is 18.0 Å². The van der Waals surface area contributed by atoms with Crippen molar-refractivity contribution in [2.75, 3.05) is 19.0 Å². The van der Waals surface area contributed by atoms with Gasteiger partial charge in [0.25, 0.3) is 0 Å². The number of alkyl halides is 3. The number of rotatable bonds is 15. The highest BCUT2D eigenvalue weighted by molar-refractivity contribution is 7.14. The molecule has 0 saturated carbocycles. The van der Waals surface area contributed by atoms with Crippen molar-refractivity contribution in [3.63, 3.8) is 0 Å². The smallest absolute Gasteiger partial charge is 0.420 e.